The van der Waals surface area contributed by atoms with Crippen LogP contribution in [0.4, 0.5) is 0 Å². The van der Waals surface area contributed by atoms with Crippen LogP contribution in [0, 0.1) is 11.8 Å². The van der Waals surface area contributed by atoms with Crippen LogP contribution in [0.3, 0.4) is 0 Å². The zero-order chi connectivity index (χ0) is 12.3. The van der Waals surface area contributed by atoms with E-state index in [4.69, 9.17) is 0 Å². The fourth-order valence-corrected chi connectivity index (χ4v) is 3.10. The summed E-state index contributed by atoms with van der Waals surface area (Å²) in [5.74, 6) is 1.86. The summed E-state index contributed by atoms with van der Waals surface area (Å²) in [6.45, 7) is 10.9. The number of nitrogens with zero attached hydrogens (tertiary/aromatic N) is 1. The van der Waals surface area contributed by atoms with Gasteiger partial charge in [0, 0.05) is 31.7 Å². The minimum Gasteiger partial charge on any atom is -0.311 e. The molecule has 100 valence electrons. The molecular formula is C15H30N2. The lowest BCUT2D eigenvalue weighted by Crippen LogP contribution is -2.57. The smallest absolute Gasteiger partial charge is 0.0223 e. The molecule has 2 heteroatoms. The first kappa shape index (κ1) is 13.4. The highest BCUT2D eigenvalue weighted by atomic mass is 15.2. The Morgan fingerprint density at radius 2 is 2.06 bits per heavy atom. The Morgan fingerprint density at radius 3 is 2.65 bits per heavy atom. The van der Waals surface area contributed by atoms with Crippen molar-refractivity contribution in [3.63, 3.8) is 0 Å². The molecule has 2 rings (SSSR count). The minimum absolute atomic E-state index is 0.752. The van der Waals surface area contributed by atoms with Crippen molar-refractivity contribution in [3.05, 3.63) is 0 Å². The van der Waals surface area contributed by atoms with Crippen LogP contribution in [0.2, 0.25) is 0 Å². The molecular weight excluding hydrogens is 208 g/mol. The van der Waals surface area contributed by atoms with Gasteiger partial charge in [0.1, 0.15) is 0 Å². The number of hydrogen-bond donors (Lipinski definition) is 1. The molecule has 0 bridgehead atoms. The van der Waals surface area contributed by atoms with E-state index in [9.17, 15) is 0 Å². The fraction of sp³-hybridized carbons (Fsp3) is 1.00. The van der Waals surface area contributed by atoms with E-state index in [1.807, 2.05) is 0 Å². The first-order chi connectivity index (χ1) is 8.19. The van der Waals surface area contributed by atoms with Gasteiger partial charge < -0.3 is 5.32 Å². The van der Waals surface area contributed by atoms with Gasteiger partial charge in [0.2, 0.25) is 0 Å². The predicted molar refractivity (Wildman–Crippen MR) is 74.2 cm³/mol. The topological polar surface area (TPSA) is 15.3 Å². The highest BCUT2D eigenvalue weighted by Crippen LogP contribution is 2.31. The molecule has 1 saturated heterocycles. The van der Waals surface area contributed by atoms with Gasteiger partial charge in [-0.25, -0.2) is 0 Å². The van der Waals surface area contributed by atoms with Crippen LogP contribution in [0.1, 0.15) is 52.9 Å². The van der Waals surface area contributed by atoms with Crippen LogP contribution >= 0.6 is 0 Å². The van der Waals surface area contributed by atoms with Crippen molar-refractivity contribution in [2.24, 2.45) is 11.8 Å². The van der Waals surface area contributed by atoms with Gasteiger partial charge in [-0.05, 0) is 37.5 Å². The average Bonchev–Trinajstić information content (AvgIpc) is 3.06. The van der Waals surface area contributed by atoms with Gasteiger partial charge in [-0.2, -0.15) is 0 Å². The molecule has 0 aromatic rings. The average molecular weight is 238 g/mol. The molecule has 2 unspecified atom stereocenters. The summed E-state index contributed by atoms with van der Waals surface area (Å²) >= 11 is 0. The summed E-state index contributed by atoms with van der Waals surface area (Å²) in [7, 11) is 0. The van der Waals surface area contributed by atoms with Gasteiger partial charge >= 0.3 is 0 Å². The molecule has 1 aliphatic heterocycles. The second kappa shape index (κ2) is 6.19. The van der Waals surface area contributed by atoms with E-state index < -0.39 is 0 Å². The van der Waals surface area contributed by atoms with Gasteiger partial charge in [-0.3, -0.25) is 4.90 Å². The summed E-state index contributed by atoms with van der Waals surface area (Å²) < 4.78 is 0. The summed E-state index contributed by atoms with van der Waals surface area (Å²) in [5, 5.41) is 3.76. The van der Waals surface area contributed by atoms with Crippen molar-refractivity contribution < 1.29 is 0 Å². The summed E-state index contributed by atoms with van der Waals surface area (Å²) in [6.07, 6.45) is 6.98. The zero-order valence-electron chi connectivity index (χ0n) is 11.9. The minimum atomic E-state index is 0.752. The summed E-state index contributed by atoms with van der Waals surface area (Å²) in [4.78, 5) is 2.80. The third-order valence-corrected chi connectivity index (χ3v) is 4.18. The number of nitrogens with one attached hydrogen (secondary N) is 1. The first-order valence-electron chi connectivity index (χ1n) is 7.66. The maximum absolute atomic E-state index is 3.76. The van der Waals surface area contributed by atoms with Gasteiger partial charge in [0.15, 0.2) is 0 Å². The Balaban J connectivity index is 1.86. The highest BCUT2D eigenvalue weighted by Gasteiger charge is 2.32. The Labute approximate surface area is 107 Å². The van der Waals surface area contributed by atoms with Crippen molar-refractivity contribution in [1.29, 1.82) is 0 Å². The Kier molecular flexibility index (Phi) is 4.87. The number of hydrogen-bond acceptors (Lipinski definition) is 2. The molecule has 0 aromatic carbocycles. The molecule has 2 atom stereocenters. The molecule has 2 aliphatic rings. The van der Waals surface area contributed by atoms with Crippen LogP contribution < -0.4 is 5.32 Å². The van der Waals surface area contributed by atoms with E-state index in [1.165, 1.54) is 51.7 Å². The Hall–Kier alpha value is -0.0800. The van der Waals surface area contributed by atoms with E-state index in [-0.39, 0.29) is 0 Å². The maximum atomic E-state index is 3.76. The van der Waals surface area contributed by atoms with Gasteiger partial charge in [-0.1, -0.05) is 27.2 Å². The van der Waals surface area contributed by atoms with E-state index in [0.717, 1.165) is 23.9 Å². The monoisotopic (exact) mass is 238 g/mol. The predicted octanol–water partition coefficient (Wildman–Crippen LogP) is 2.89. The lowest BCUT2D eigenvalue weighted by Gasteiger charge is -2.41. The first-order valence-corrected chi connectivity index (χ1v) is 7.66. The zero-order valence-corrected chi connectivity index (χ0v) is 11.9. The van der Waals surface area contributed by atoms with Gasteiger partial charge in [0.05, 0.1) is 0 Å². The molecule has 1 N–H and O–H groups in total. The molecule has 0 radical (unpaired) electrons. The van der Waals surface area contributed by atoms with E-state index in [1.54, 1.807) is 0 Å². The largest absolute Gasteiger partial charge is 0.311 e. The summed E-state index contributed by atoms with van der Waals surface area (Å²) in [5.41, 5.74) is 0. The summed E-state index contributed by atoms with van der Waals surface area (Å²) in [6, 6.07) is 1.55. The second-order valence-corrected chi connectivity index (χ2v) is 6.57. The molecule has 17 heavy (non-hydrogen) atoms. The third-order valence-electron chi connectivity index (χ3n) is 4.18. The van der Waals surface area contributed by atoms with Crippen molar-refractivity contribution in [2.75, 3.05) is 19.6 Å². The quantitative estimate of drug-likeness (QED) is 0.765. The lowest BCUT2D eigenvalue weighted by atomic mass is 9.97. The molecule has 1 saturated carbocycles. The molecule has 0 amide bonds. The second-order valence-electron chi connectivity index (χ2n) is 6.57. The SMILES string of the molecule is CCCC1CN(CC2CC2)C(CC(C)C)CN1. The molecule has 2 nitrogen and oxygen atoms in total. The van der Waals surface area contributed by atoms with Crippen LogP contribution in [0.15, 0.2) is 0 Å². The molecule has 2 fully saturated rings. The van der Waals surface area contributed by atoms with Crippen molar-refractivity contribution in [3.8, 4) is 0 Å². The van der Waals surface area contributed by atoms with E-state index in [0.29, 0.717) is 0 Å². The van der Waals surface area contributed by atoms with Crippen LogP contribution in [-0.2, 0) is 0 Å². The van der Waals surface area contributed by atoms with Crippen LogP contribution in [-0.4, -0.2) is 36.6 Å². The maximum Gasteiger partial charge on any atom is 0.0223 e. The third kappa shape index (κ3) is 4.26. The number of rotatable bonds is 6. The standard InChI is InChI=1S/C15H30N2/c1-4-5-14-11-17(10-13-6-7-13)15(9-16-14)8-12(2)3/h12-16H,4-11H2,1-3H3. The molecule has 0 spiro atoms. The van der Waals surface area contributed by atoms with E-state index in [2.05, 4.69) is 31.0 Å². The molecule has 1 heterocycles. The van der Waals surface area contributed by atoms with Gasteiger partial charge in [0.25, 0.3) is 0 Å². The highest BCUT2D eigenvalue weighted by molar-refractivity contribution is 4.89. The fourth-order valence-electron chi connectivity index (χ4n) is 3.10. The van der Waals surface area contributed by atoms with E-state index >= 15 is 0 Å². The van der Waals surface area contributed by atoms with Crippen molar-refractivity contribution >= 4 is 0 Å². The lowest BCUT2D eigenvalue weighted by molar-refractivity contribution is 0.106. The van der Waals surface area contributed by atoms with Crippen LogP contribution in [0.25, 0.3) is 0 Å². The number of piperazine rings is 1. The Morgan fingerprint density at radius 1 is 1.29 bits per heavy atom. The normalized spacial score (nSPS) is 31.1. The molecule has 0 aromatic heterocycles. The Bertz CT molecular complexity index is 223. The van der Waals surface area contributed by atoms with Crippen molar-refractivity contribution in [1.82, 2.24) is 10.2 Å². The van der Waals surface area contributed by atoms with Crippen LogP contribution in [0.5, 0.6) is 0 Å². The molecule has 1 aliphatic carbocycles. The van der Waals surface area contributed by atoms with Crippen molar-refractivity contribution in [2.45, 2.75) is 65.0 Å². The van der Waals surface area contributed by atoms with Gasteiger partial charge in [-0.15, -0.1) is 0 Å².